The summed E-state index contributed by atoms with van der Waals surface area (Å²) >= 11 is 0. The van der Waals surface area contributed by atoms with E-state index in [0.717, 1.165) is 33.8 Å². The number of hydrogen-bond donors (Lipinski definition) is 0. The quantitative estimate of drug-likeness (QED) is 0.161. The number of para-hydroxylation sites is 3. The first kappa shape index (κ1) is 35.6. The van der Waals surface area contributed by atoms with Crippen LogP contribution in [0.25, 0.3) is 111 Å². The summed E-state index contributed by atoms with van der Waals surface area (Å²) in [4.78, 5) is 10.1. The van der Waals surface area contributed by atoms with Gasteiger partial charge in [0.15, 0.2) is 5.82 Å². The van der Waals surface area contributed by atoms with E-state index in [9.17, 15) is 0 Å². The Kier molecular flexibility index (Phi) is 8.46. The molecule has 290 valence electrons. The Hall–Kier alpha value is -8.34. The standard InChI is InChI=1S/C58H38N4/c1-4-14-41(15-5-1)52-38-53(60-58(59-52)43-16-6-2-7-17-43)42-28-32-47(33-29-42)62-55-23-13-11-21-49(55)51-37-45(31-35-57(51)62)40-26-24-39(25-27-40)44-30-34-56-50(36-44)48-20-10-12-22-54(48)61(56)46-18-8-3-9-19-46/h1-38H. The molecule has 4 nitrogen and oxygen atoms in total. The third kappa shape index (κ3) is 6.08. The molecule has 0 fully saturated rings. The van der Waals surface area contributed by atoms with Gasteiger partial charge >= 0.3 is 0 Å². The molecule has 0 atom stereocenters. The van der Waals surface area contributed by atoms with Gasteiger partial charge in [-0.1, -0.05) is 164 Å². The zero-order valence-corrected chi connectivity index (χ0v) is 33.7. The highest BCUT2D eigenvalue weighted by atomic mass is 15.0. The van der Waals surface area contributed by atoms with Crippen LogP contribution in [0, 0.1) is 0 Å². The SMILES string of the molecule is c1ccc(-c2cc(-c3ccc(-n4c5ccccc5c5cc(-c6ccc(-c7ccc8c(c7)c7ccccc7n8-c7ccccc7)cc6)ccc54)cc3)nc(-c3ccccc3)n2)cc1. The Bertz CT molecular complexity index is 3530. The second-order valence-corrected chi connectivity index (χ2v) is 15.8. The lowest BCUT2D eigenvalue weighted by Crippen LogP contribution is -1.97. The normalized spacial score (nSPS) is 11.5. The number of rotatable bonds is 7. The molecule has 0 aliphatic carbocycles. The first-order valence-electron chi connectivity index (χ1n) is 21.1. The minimum atomic E-state index is 0.712. The van der Waals surface area contributed by atoms with Crippen molar-refractivity contribution in [2.45, 2.75) is 0 Å². The third-order valence-electron chi connectivity index (χ3n) is 12.2. The summed E-state index contributed by atoms with van der Waals surface area (Å²) in [6.45, 7) is 0. The molecule has 0 amide bonds. The van der Waals surface area contributed by atoms with Crippen LogP contribution >= 0.6 is 0 Å². The van der Waals surface area contributed by atoms with Crippen molar-refractivity contribution in [3.63, 3.8) is 0 Å². The van der Waals surface area contributed by atoms with E-state index in [4.69, 9.17) is 9.97 Å². The fraction of sp³-hybridized carbons (Fsp3) is 0. The molecular formula is C58H38N4. The molecule has 62 heavy (non-hydrogen) atoms. The van der Waals surface area contributed by atoms with Crippen LogP contribution in [0.4, 0.5) is 0 Å². The van der Waals surface area contributed by atoms with Crippen LogP contribution in [0.2, 0.25) is 0 Å². The van der Waals surface area contributed by atoms with Crippen LogP contribution in [0.5, 0.6) is 0 Å². The number of aromatic nitrogens is 4. The molecule has 3 heterocycles. The molecule has 9 aromatic carbocycles. The third-order valence-corrected chi connectivity index (χ3v) is 12.2. The lowest BCUT2D eigenvalue weighted by atomic mass is 9.98. The monoisotopic (exact) mass is 790 g/mol. The molecule has 4 heteroatoms. The van der Waals surface area contributed by atoms with Crippen LogP contribution < -0.4 is 0 Å². The van der Waals surface area contributed by atoms with Crippen molar-refractivity contribution in [2.75, 3.05) is 0 Å². The Morgan fingerprint density at radius 1 is 0.242 bits per heavy atom. The van der Waals surface area contributed by atoms with Crippen molar-refractivity contribution < 1.29 is 0 Å². The predicted molar refractivity (Wildman–Crippen MR) is 258 cm³/mol. The van der Waals surface area contributed by atoms with Crippen molar-refractivity contribution in [3.8, 4) is 67.5 Å². The van der Waals surface area contributed by atoms with Crippen LogP contribution in [0.1, 0.15) is 0 Å². The Morgan fingerprint density at radius 2 is 0.613 bits per heavy atom. The van der Waals surface area contributed by atoms with E-state index in [1.807, 2.05) is 36.4 Å². The summed E-state index contributed by atoms with van der Waals surface area (Å²) in [6.07, 6.45) is 0. The number of benzene rings is 9. The number of fused-ring (bicyclic) bond motifs is 6. The van der Waals surface area contributed by atoms with Gasteiger partial charge in [0, 0.05) is 49.6 Å². The van der Waals surface area contributed by atoms with E-state index < -0.39 is 0 Å². The van der Waals surface area contributed by atoms with Gasteiger partial charge in [0.25, 0.3) is 0 Å². The average molecular weight is 791 g/mol. The van der Waals surface area contributed by atoms with Gasteiger partial charge in [0.1, 0.15) is 0 Å². The summed E-state index contributed by atoms with van der Waals surface area (Å²) in [5, 5.41) is 4.96. The van der Waals surface area contributed by atoms with E-state index in [2.05, 4.69) is 203 Å². The van der Waals surface area contributed by atoms with Gasteiger partial charge in [-0.05, 0) is 89.0 Å². The first-order chi connectivity index (χ1) is 30.7. The molecule has 0 bridgehead atoms. The summed E-state index contributed by atoms with van der Waals surface area (Å²) in [5.41, 5.74) is 16.7. The van der Waals surface area contributed by atoms with Crippen molar-refractivity contribution in [1.29, 1.82) is 0 Å². The van der Waals surface area contributed by atoms with Gasteiger partial charge in [-0.2, -0.15) is 0 Å². The van der Waals surface area contributed by atoms with Gasteiger partial charge in [-0.25, -0.2) is 9.97 Å². The molecule has 0 aliphatic heterocycles. The molecule has 0 N–H and O–H groups in total. The fourth-order valence-electron chi connectivity index (χ4n) is 9.14. The van der Waals surface area contributed by atoms with Gasteiger partial charge in [0.05, 0.1) is 33.5 Å². The molecule has 0 saturated heterocycles. The van der Waals surface area contributed by atoms with Crippen molar-refractivity contribution in [1.82, 2.24) is 19.1 Å². The van der Waals surface area contributed by atoms with E-state index in [1.165, 1.54) is 71.6 Å². The maximum atomic E-state index is 5.07. The highest BCUT2D eigenvalue weighted by Gasteiger charge is 2.16. The van der Waals surface area contributed by atoms with E-state index in [0.29, 0.717) is 5.82 Å². The number of nitrogens with zero attached hydrogens (tertiary/aromatic N) is 4. The molecule has 12 rings (SSSR count). The largest absolute Gasteiger partial charge is 0.309 e. The highest BCUT2D eigenvalue weighted by molar-refractivity contribution is 6.11. The zero-order valence-electron chi connectivity index (χ0n) is 33.7. The van der Waals surface area contributed by atoms with Crippen molar-refractivity contribution in [3.05, 3.63) is 231 Å². The molecule has 0 spiro atoms. The maximum absolute atomic E-state index is 5.07. The predicted octanol–water partition coefficient (Wildman–Crippen LogP) is 15.0. The second-order valence-electron chi connectivity index (χ2n) is 15.8. The number of hydrogen-bond acceptors (Lipinski definition) is 2. The Labute approximate surface area is 359 Å². The topological polar surface area (TPSA) is 35.6 Å². The molecule has 0 unspecified atom stereocenters. The van der Waals surface area contributed by atoms with Gasteiger partial charge < -0.3 is 9.13 Å². The van der Waals surface area contributed by atoms with Crippen LogP contribution in [-0.2, 0) is 0 Å². The van der Waals surface area contributed by atoms with E-state index in [1.54, 1.807) is 0 Å². The zero-order chi connectivity index (χ0) is 41.0. The lowest BCUT2D eigenvalue weighted by Gasteiger charge is -2.12. The molecular weight excluding hydrogens is 753 g/mol. The minimum Gasteiger partial charge on any atom is -0.309 e. The van der Waals surface area contributed by atoms with Crippen LogP contribution in [0.3, 0.4) is 0 Å². The lowest BCUT2D eigenvalue weighted by molar-refractivity contribution is 1.17. The Balaban J connectivity index is 0.886. The highest BCUT2D eigenvalue weighted by Crippen LogP contribution is 2.38. The van der Waals surface area contributed by atoms with Crippen molar-refractivity contribution in [2.24, 2.45) is 0 Å². The Morgan fingerprint density at radius 3 is 1.13 bits per heavy atom. The molecule has 0 radical (unpaired) electrons. The maximum Gasteiger partial charge on any atom is 0.160 e. The van der Waals surface area contributed by atoms with Gasteiger partial charge in [0.2, 0.25) is 0 Å². The summed E-state index contributed by atoms with van der Waals surface area (Å²) in [6, 6.07) is 82.2. The summed E-state index contributed by atoms with van der Waals surface area (Å²) in [7, 11) is 0. The molecule has 0 saturated carbocycles. The van der Waals surface area contributed by atoms with Crippen LogP contribution in [0.15, 0.2) is 231 Å². The van der Waals surface area contributed by atoms with Crippen LogP contribution in [-0.4, -0.2) is 19.1 Å². The van der Waals surface area contributed by atoms with E-state index in [-0.39, 0.29) is 0 Å². The average Bonchev–Trinajstić information content (AvgIpc) is 3.87. The minimum absolute atomic E-state index is 0.712. The smallest absolute Gasteiger partial charge is 0.160 e. The van der Waals surface area contributed by atoms with Crippen molar-refractivity contribution >= 4 is 43.6 Å². The van der Waals surface area contributed by atoms with Gasteiger partial charge in [-0.15, -0.1) is 0 Å². The fourth-order valence-corrected chi connectivity index (χ4v) is 9.14. The summed E-state index contributed by atoms with van der Waals surface area (Å²) < 4.78 is 4.74. The molecule has 3 aromatic heterocycles. The molecule has 0 aliphatic rings. The van der Waals surface area contributed by atoms with E-state index >= 15 is 0 Å². The first-order valence-corrected chi connectivity index (χ1v) is 21.1. The second kappa shape index (κ2) is 14.7. The molecule has 12 aromatic rings. The van der Waals surface area contributed by atoms with Gasteiger partial charge in [-0.3, -0.25) is 0 Å². The summed E-state index contributed by atoms with van der Waals surface area (Å²) in [5.74, 6) is 0.712.